The lowest BCUT2D eigenvalue weighted by Crippen LogP contribution is -2.20. The van der Waals surface area contributed by atoms with Gasteiger partial charge < -0.3 is 14.4 Å². The maximum absolute atomic E-state index is 12.0. The van der Waals surface area contributed by atoms with E-state index in [1.807, 2.05) is 24.3 Å². The molecular weight excluding hydrogens is 270 g/mol. The Morgan fingerprint density at radius 3 is 2.38 bits per heavy atom. The summed E-state index contributed by atoms with van der Waals surface area (Å²) in [6, 6.07) is 7.53. The minimum absolute atomic E-state index is 0.215. The zero-order chi connectivity index (χ0) is 15.2. The quantitative estimate of drug-likeness (QED) is 0.627. The molecule has 5 heteroatoms. The van der Waals surface area contributed by atoms with Crippen LogP contribution in [0.5, 0.6) is 0 Å². The van der Waals surface area contributed by atoms with Gasteiger partial charge in [0.15, 0.2) is 0 Å². The lowest BCUT2D eigenvalue weighted by Gasteiger charge is -2.21. The molecule has 1 aliphatic heterocycles. The predicted molar refractivity (Wildman–Crippen MR) is 79.9 cm³/mol. The molecule has 2 rings (SSSR count). The molecule has 0 N–H and O–H groups in total. The molecule has 1 aliphatic rings. The number of ether oxygens (including phenoxy) is 2. The number of carbonyl (C=O) groups excluding carboxylic acids is 2. The highest BCUT2D eigenvalue weighted by molar-refractivity contribution is 6.21. The highest BCUT2D eigenvalue weighted by Crippen LogP contribution is 2.30. The average Bonchev–Trinajstić information content (AvgIpc) is 3.06. The number of methoxy groups -OCH3 is 2. The molecule has 0 radical (unpaired) electrons. The van der Waals surface area contributed by atoms with E-state index in [2.05, 4.69) is 9.64 Å². The molecule has 1 aromatic carbocycles. The molecule has 0 atom stereocenters. The Hall–Kier alpha value is -2.30. The first-order valence-electron chi connectivity index (χ1n) is 6.89. The van der Waals surface area contributed by atoms with Gasteiger partial charge in [-0.1, -0.05) is 18.2 Å². The van der Waals surface area contributed by atoms with E-state index in [1.165, 1.54) is 20.3 Å². The smallest absolute Gasteiger partial charge is 0.338 e. The first-order valence-corrected chi connectivity index (χ1v) is 6.89. The van der Waals surface area contributed by atoms with Crippen LogP contribution in [0.1, 0.15) is 18.4 Å². The molecule has 1 saturated heterocycles. The Morgan fingerprint density at radius 1 is 1.10 bits per heavy atom. The number of esters is 2. The number of rotatable bonds is 4. The maximum atomic E-state index is 12.0. The predicted octanol–water partition coefficient (Wildman–Crippen LogP) is 2.02. The highest BCUT2D eigenvalue weighted by atomic mass is 16.5. The molecule has 112 valence electrons. The Morgan fingerprint density at radius 2 is 1.76 bits per heavy atom. The minimum Gasteiger partial charge on any atom is -0.466 e. The Kier molecular flexibility index (Phi) is 4.98. The van der Waals surface area contributed by atoms with E-state index >= 15 is 0 Å². The van der Waals surface area contributed by atoms with Gasteiger partial charge in [-0.15, -0.1) is 0 Å². The topological polar surface area (TPSA) is 55.8 Å². The number of hydrogen-bond acceptors (Lipinski definition) is 5. The van der Waals surface area contributed by atoms with Gasteiger partial charge in [-0.3, -0.25) is 0 Å². The SMILES string of the molecule is COC(=O)/C=C(\C(=O)OC)c1ccccc1N1CCCC1. The van der Waals surface area contributed by atoms with E-state index in [0.29, 0.717) is 5.56 Å². The summed E-state index contributed by atoms with van der Waals surface area (Å²) in [5.41, 5.74) is 1.85. The standard InChI is InChI=1S/C16H19NO4/c1-20-15(18)11-13(16(19)21-2)12-7-3-4-8-14(12)17-9-5-6-10-17/h3-4,7-8,11H,5-6,9-10H2,1-2H3/b13-11-. The van der Waals surface area contributed by atoms with E-state index in [0.717, 1.165) is 31.6 Å². The van der Waals surface area contributed by atoms with E-state index in [9.17, 15) is 9.59 Å². The largest absolute Gasteiger partial charge is 0.466 e. The van der Waals surface area contributed by atoms with Crippen LogP contribution in [0.4, 0.5) is 5.69 Å². The number of hydrogen-bond donors (Lipinski definition) is 0. The summed E-state index contributed by atoms with van der Waals surface area (Å²) in [7, 11) is 2.58. The van der Waals surface area contributed by atoms with Crippen LogP contribution in [0.25, 0.3) is 5.57 Å². The van der Waals surface area contributed by atoms with Crippen molar-refractivity contribution < 1.29 is 19.1 Å². The molecule has 0 aliphatic carbocycles. The van der Waals surface area contributed by atoms with E-state index < -0.39 is 11.9 Å². The van der Waals surface area contributed by atoms with Crippen LogP contribution in [0.15, 0.2) is 30.3 Å². The molecule has 1 heterocycles. The summed E-state index contributed by atoms with van der Waals surface area (Å²) in [6.07, 6.45) is 3.44. The monoisotopic (exact) mass is 289 g/mol. The third-order valence-electron chi connectivity index (χ3n) is 3.51. The van der Waals surface area contributed by atoms with Crippen LogP contribution < -0.4 is 4.90 Å². The zero-order valence-corrected chi connectivity index (χ0v) is 12.3. The second-order valence-corrected chi connectivity index (χ2v) is 4.78. The fraction of sp³-hybridized carbons (Fsp3) is 0.375. The third kappa shape index (κ3) is 3.42. The van der Waals surface area contributed by atoms with Crippen LogP contribution in [0.3, 0.4) is 0 Å². The summed E-state index contributed by atoms with van der Waals surface area (Å²) in [6.45, 7) is 1.90. The summed E-state index contributed by atoms with van der Waals surface area (Å²) in [4.78, 5) is 25.8. The molecule has 0 aromatic heterocycles. The van der Waals surface area contributed by atoms with Gasteiger partial charge in [0.1, 0.15) is 0 Å². The van der Waals surface area contributed by atoms with Crippen LogP contribution in [0.2, 0.25) is 0 Å². The van der Waals surface area contributed by atoms with Gasteiger partial charge in [-0.05, 0) is 18.9 Å². The number of anilines is 1. The third-order valence-corrected chi connectivity index (χ3v) is 3.51. The minimum atomic E-state index is -0.577. The Bertz CT molecular complexity index is 559. The Balaban J connectivity index is 2.47. The van der Waals surface area contributed by atoms with Crippen molar-refractivity contribution >= 4 is 23.2 Å². The van der Waals surface area contributed by atoms with Crippen molar-refractivity contribution in [1.29, 1.82) is 0 Å². The van der Waals surface area contributed by atoms with Gasteiger partial charge in [-0.25, -0.2) is 9.59 Å². The highest BCUT2D eigenvalue weighted by Gasteiger charge is 2.22. The second kappa shape index (κ2) is 6.92. The molecule has 0 spiro atoms. The van der Waals surface area contributed by atoms with Crippen molar-refractivity contribution in [3.63, 3.8) is 0 Å². The average molecular weight is 289 g/mol. The number of para-hydroxylation sites is 1. The molecule has 0 bridgehead atoms. The van der Waals surface area contributed by atoms with Gasteiger partial charge in [0.25, 0.3) is 0 Å². The van der Waals surface area contributed by atoms with Gasteiger partial charge in [0.05, 0.1) is 19.8 Å². The molecule has 0 unspecified atom stereocenters. The second-order valence-electron chi connectivity index (χ2n) is 4.78. The van der Waals surface area contributed by atoms with Crippen LogP contribution in [-0.4, -0.2) is 39.2 Å². The fourth-order valence-corrected chi connectivity index (χ4v) is 2.47. The van der Waals surface area contributed by atoms with E-state index in [4.69, 9.17) is 4.74 Å². The lowest BCUT2D eigenvalue weighted by molar-refractivity contribution is -0.136. The van der Waals surface area contributed by atoms with Crippen molar-refractivity contribution in [2.24, 2.45) is 0 Å². The van der Waals surface area contributed by atoms with Crippen molar-refractivity contribution in [3.8, 4) is 0 Å². The summed E-state index contributed by atoms with van der Waals surface area (Å²) < 4.78 is 9.42. The normalized spacial score (nSPS) is 15.0. The van der Waals surface area contributed by atoms with Crippen molar-refractivity contribution in [2.75, 3.05) is 32.2 Å². The summed E-state index contributed by atoms with van der Waals surface area (Å²) in [5.74, 6) is -1.13. The van der Waals surface area contributed by atoms with E-state index in [1.54, 1.807) is 0 Å². The van der Waals surface area contributed by atoms with Crippen molar-refractivity contribution in [1.82, 2.24) is 0 Å². The zero-order valence-electron chi connectivity index (χ0n) is 12.3. The van der Waals surface area contributed by atoms with Crippen LogP contribution >= 0.6 is 0 Å². The first kappa shape index (κ1) is 15.1. The van der Waals surface area contributed by atoms with Crippen molar-refractivity contribution in [3.05, 3.63) is 35.9 Å². The summed E-state index contributed by atoms with van der Waals surface area (Å²) in [5, 5.41) is 0. The van der Waals surface area contributed by atoms with E-state index in [-0.39, 0.29) is 5.57 Å². The number of nitrogens with zero attached hydrogens (tertiary/aromatic N) is 1. The molecule has 1 aromatic rings. The maximum Gasteiger partial charge on any atom is 0.338 e. The first-order chi connectivity index (χ1) is 10.2. The van der Waals surface area contributed by atoms with Gasteiger partial charge in [0, 0.05) is 30.4 Å². The molecule has 0 amide bonds. The number of benzene rings is 1. The van der Waals surface area contributed by atoms with Crippen LogP contribution in [0, 0.1) is 0 Å². The number of carbonyl (C=O) groups is 2. The molecule has 21 heavy (non-hydrogen) atoms. The lowest BCUT2D eigenvalue weighted by atomic mass is 10.0. The van der Waals surface area contributed by atoms with Crippen molar-refractivity contribution in [2.45, 2.75) is 12.8 Å². The summed E-state index contributed by atoms with van der Waals surface area (Å²) >= 11 is 0. The van der Waals surface area contributed by atoms with Gasteiger partial charge >= 0.3 is 11.9 Å². The molecule has 5 nitrogen and oxygen atoms in total. The fourth-order valence-electron chi connectivity index (χ4n) is 2.47. The molecular formula is C16H19NO4. The van der Waals surface area contributed by atoms with Crippen LogP contribution in [-0.2, 0) is 19.1 Å². The molecule has 1 fully saturated rings. The Labute approximate surface area is 124 Å². The van der Waals surface area contributed by atoms with Gasteiger partial charge in [0.2, 0.25) is 0 Å². The molecule has 0 saturated carbocycles. The van der Waals surface area contributed by atoms with Gasteiger partial charge in [-0.2, -0.15) is 0 Å².